The molecule has 1 amide bonds. The Balaban J connectivity index is 4.19. The predicted octanol–water partition coefficient (Wildman–Crippen LogP) is 1.42. The predicted molar refractivity (Wildman–Crippen MR) is 75.2 cm³/mol. The van der Waals surface area contributed by atoms with Crippen LogP contribution >= 0.6 is 0 Å². The second-order valence-electron chi connectivity index (χ2n) is 4.94. The van der Waals surface area contributed by atoms with Crippen LogP contribution in [0.4, 0.5) is 0 Å². The van der Waals surface area contributed by atoms with Gasteiger partial charge in [-0.15, -0.1) is 0 Å². The summed E-state index contributed by atoms with van der Waals surface area (Å²) in [6.07, 6.45) is 1.71. The van der Waals surface area contributed by atoms with E-state index in [0.29, 0.717) is 45.1 Å². The van der Waals surface area contributed by atoms with E-state index in [-0.39, 0.29) is 11.7 Å². The van der Waals surface area contributed by atoms with Crippen LogP contribution in [0.1, 0.15) is 40.0 Å². The molecule has 0 heterocycles. The molecule has 0 rings (SSSR count). The number of amidine groups is 1. The number of carbonyl (C=O) groups is 1. The number of nitrogens with two attached hydrogens (primary N) is 1. The van der Waals surface area contributed by atoms with Gasteiger partial charge < -0.3 is 20.6 Å². The fourth-order valence-corrected chi connectivity index (χ4v) is 1.62. The summed E-state index contributed by atoms with van der Waals surface area (Å²) in [5.41, 5.74) is 5.43. The molecule has 0 unspecified atom stereocenters. The summed E-state index contributed by atoms with van der Waals surface area (Å²) >= 11 is 0. The normalized spacial score (nSPS) is 11.9. The van der Waals surface area contributed by atoms with Gasteiger partial charge in [0.2, 0.25) is 5.91 Å². The van der Waals surface area contributed by atoms with Crippen molar-refractivity contribution in [3.8, 4) is 0 Å². The smallest absolute Gasteiger partial charge is 0.224 e. The van der Waals surface area contributed by atoms with Gasteiger partial charge in [0.25, 0.3) is 0 Å². The molecule has 0 saturated carbocycles. The van der Waals surface area contributed by atoms with Gasteiger partial charge >= 0.3 is 0 Å². The number of carbonyl (C=O) groups excluding carboxylic acids is 1. The highest BCUT2D eigenvalue weighted by molar-refractivity contribution is 5.81. The van der Waals surface area contributed by atoms with Crippen LogP contribution in [-0.4, -0.2) is 48.2 Å². The molecule has 0 aliphatic heterocycles. The highest BCUT2D eigenvalue weighted by Gasteiger charge is 2.15. The topological polar surface area (TPSA) is 88.2 Å². The maximum atomic E-state index is 12.0. The highest BCUT2D eigenvalue weighted by atomic mass is 16.5. The van der Waals surface area contributed by atoms with E-state index in [4.69, 9.17) is 15.7 Å². The second-order valence-corrected chi connectivity index (χ2v) is 4.94. The van der Waals surface area contributed by atoms with Crippen LogP contribution in [0.25, 0.3) is 0 Å². The van der Waals surface area contributed by atoms with Crippen LogP contribution in [0.2, 0.25) is 0 Å². The van der Waals surface area contributed by atoms with E-state index in [2.05, 4.69) is 19.0 Å². The largest absolute Gasteiger partial charge is 0.409 e. The lowest BCUT2D eigenvalue weighted by Gasteiger charge is -2.24. The van der Waals surface area contributed by atoms with Crippen molar-refractivity contribution in [1.82, 2.24) is 4.90 Å². The maximum Gasteiger partial charge on any atom is 0.224 e. The first-order valence-corrected chi connectivity index (χ1v) is 6.83. The Bertz CT molecular complexity index is 280. The van der Waals surface area contributed by atoms with Crippen molar-refractivity contribution in [1.29, 1.82) is 0 Å². The average molecular weight is 273 g/mol. The molecule has 0 aromatic rings. The Morgan fingerprint density at radius 3 is 2.58 bits per heavy atom. The third-order valence-corrected chi connectivity index (χ3v) is 2.51. The standard InChI is InChI=1S/C13H27N3O3/c1-4-8-19-9-6-13(17)16(10-11(2)3)7-5-12(14)15-18/h11,18H,4-10H2,1-3H3,(H2,14,15). The number of ether oxygens (including phenoxy) is 1. The zero-order valence-electron chi connectivity index (χ0n) is 12.3. The molecule has 6 nitrogen and oxygen atoms in total. The maximum absolute atomic E-state index is 12.0. The lowest BCUT2D eigenvalue weighted by atomic mass is 10.2. The first-order chi connectivity index (χ1) is 9.01. The summed E-state index contributed by atoms with van der Waals surface area (Å²) in [5, 5.41) is 11.4. The monoisotopic (exact) mass is 273 g/mol. The molecule has 0 aliphatic carbocycles. The lowest BCUT2D eigenvalue weighted by molar-refractivity contribution is -0.132. The van der Waals surface area contributed by atoms with Gasteiger partial charge in [0, 0.05) is 26.1 Å². The fourth-order valence-electron chi connectivity index (χ4n) is 1.62. The van der Waals surface area contributed by atoms with Gasteiger partial charge in [-0.1, -0.05) is 25.9 Å². The van der Waals surface area contributed by atoms with Crippen molar-refractivity contribution in [2.75, 3.05) is 26.3 Å². The minimum absolute atomic E-state index is 0.0514. The van der Waals surface area contributed by atoms with Gasteiger partial charge in [0.05, 0.1) is 13.0 Å². The molecule has 112 valence electrons. The number of amides is 1. The minimum Gasteiger partial charge on any atom is -0.409 e. The molecular weight excluding hydrogens is 246 g/mol. The molecular formula is C13H27N3O3. The van der Waals surface area contributed by atoms with Crippen molar-refractivity contribution in [2.24, 2.45) is 16.8 Å². The summed E-state index contributed by atoms with van der Waals surface area (Å²) in [7, 11) is 0. The zero-order valence-corrected chi connectivity index (χ0v) is 12.3. The number of oxime groups is 1. The van der Waals surface area contributed by atoms with Crippen molar-refractivity contribution < 1.29 is 14.7 Å². The molecule has 0 bridgehead atoms. The molecule has 0 aromatic carbocycles. The van der Waals surface area contributed by atoms with Crippen LogP contribution < -0.4 is 5.73 Å². The van der Waals surface area contributed by atoms with E-state index in [1.54, 1.807) is 4.90 Å². The first kappa shape index (κ1) is 17.7. The van der Waals surface area contributed by atoms with E-state index < -0.39 is 0 Å². The molecule has 19 heavy (non-hydrogen) atoms. The first-order valence-electron chi connectivity index (χ1n) is 6.83. The van der Waals surface area contributed by atoms with E-state index in [1.165, 1.54) is 0 Å². The van der Waals surface area contributed by atoms with E-state index >= 15 is 0 Å². The summed E-state index contributed by atoms with van der Waals surface area (Å²) in [4.78, 5) is 13.8. The summed E-state index contributed by atoms with van der Waals surface area (Å²) in [6.45, 7) is 8.41. The molecule has 0 atom stereocenters. The van der Waals surface area contributed by atoms with Crippen molar-refractivity contribution in [3.63, 3.8) is 0 Å². The molecule has 6 heteroatoms. The van der Waals surface area contributed by atoms with Gasteiger partial charge in [-0.2, -0.15) is 0 Å². The molecule has 0 aliphatic rings. The molecule has 3 N–H and O–H groups in total. The highest BCUT2D eigenvalue weighted by Crippen LogP contribution is 2.03. The van der Waals surface area contributed by atoms with Crippen molar-refractivity contribution in [2.45, 2.75) is 40.0 Å². The number of rotatable bonds is 10. The summed E-state index contributed by atoms with van der Waals surface area (Å²) in [5.74, 6) is 0.576. The fraction of sp³-hybridized carbons (Fsp3) is 0.846. The third kappa shape index (κ3) is 9.30. The molecule has 0 saturated heterocycles. The van der Waals surface area contributed by atoms with E-state index in [1.807, 2.05) is 6.92 Å². The average Bonchev–Trinajstić information content (AvgIpc) is 2.38. The Morgan fingerprint density at radius 2 is 2.05 bits per heavy atom. The van der Waals surface area contributed by atoms with Gasteiger partial charge in [-0.05, 0) is 12.3 Å². The SMILES string of the molecule is CCCOCCC(=O)N(CCC(N)=NO)CC(C)C. The van der Waals surface area contributed by atoms with Gasteiger partial charge in [0.15, 0.2) is 0 Å². The number of hydrogen-bond acceptors (Lipinski definition) is 4. The molecule has 0 fully saturated rings. The Labute approximate surface area is 115 Å². The quantitative estimate of drug-likeness (QED) is 0.207. The number of nitrogens with zero attached hydrogens (tertiary/aromatic N) is 2. The molecule has 0 spiro atoms. The summed E-state index contributed by atoms with van der Waals surface area (Å²) in [6, 6.07) is 0. The third-order valence-electron chi connectivity index (χ3n) is 2.51. The minimum atomic E-state index is 0.0514. The molecule has 0 radical (unpaired) electrons. The van der Waals surface area contributed by atoms with Gasteiger partial charge in [-0.25, -0.2) is 0 Å². The zero-order chi connectivity index (χ0) is 14.7. The van der Waals surface area contributed by atoms with E-state index in [0.717, 1.165) is 6.42 Å². The Morgan fingerprint density at radius 1 is 1.37 bits per heavy atom. The Hall–Kier alpha value is -1.30. The summed E-state index contributed by atoms with van der Waals surface area (Å²) < 4.78 is 5.32. The second kappa shape index (κ2) is 10.6. The van der Waals surface area contributed by atoms with Gasteiger partial charge in [0.1, 0.15) is 5.84 Å². The molecule has 0 aromatic heterocycles. The van der Waals surface area contributed by atoms with Gasteiger partial charge in [-0.3, -0.25) is 4.79 Å². The van der Waals surface area contributed by atoms with Crippen LogP contribution in [0.5, 0.6) is 0 Å². The number of hydrogen-bond donors (Lipinski definition) is 2. The Kier molecular flexibility index (Phi) is 9.88. The van der Waals surface area contributed by atoms with Crippen LogP contribution in [0.3, 0.4) is 0 Å². The van der Waals surface area contributed by atoms with Crippen molar-refractivity contribution >= 4 is 11.7 Å². The van der Waals surface area contributed by atoms with Crippen LogP contribution in [0, 0.1) is 5.92 Å². The van der Waals surface area contributed by atoms with Crippen LogP contribution in [0.15, 0.2) is 5.16 Å². The van der Waals surface area contributed by atoms with Crippen LogP contribution in [-0.2, 0) is 9.53 Å². The van der Waals surface area contributed by atoms with E-state index in [9.17, 15) is 4.79 Å². The lowest BCUT2D eigenvalue weighted by Crippen LogP contribution is -2.37. The van der Waals surface area contributed by atoms with Crippen molar-refractivity contribution in [3.05, 3.63) is 0 Å².